The van der Waals surface area contributed by atoms with Crippen molar-refractivity contribution in [3.63, 3.8) is 0 Å². The van der Waals surface area contributed by atoms with Crippen LogP contribution in [0.5, 0.6) is 17.2 Å². The molecule has 1 atom stereocenters. The van der Waals surface area contributed by atoms with Gasteiger partial charge < -0.3 is 23.9 Å². The Morgan fingerprint density at radius 1 is 1.20 bits per heavy atom. The molecule has 2 aromatic carbocycles. The average molecular weight is 410 g/mol. The van der Waals surface area contributed by atoms with E-state index >= 15 is 0 Å². The Balaban J connectivity index is 1.49. The van der Waals surface area contributed by atoms with Crippen LogP contribution in [0, 0.1) is 5.92 Å². The third-order valence-corrected chi connectivity index (χ3v) is 4.89. The highest BCUT2D eigenvalue weighted by Gasteiger charge is 2.23. The van der Waals surface area contributed by atoms with E-state index in [1.807, 2.05) is 37.3 Å². The maximum atomic E-state index is 11.1. The summed E-state index contributed by atoms with van der Waals surface area (Å²) in [6.07, 6.45) is 2.47. The largest absolute Gasteiger partial charge is 0.493 e. The number of ether oxygens (including phenoxy) is 3. The number of rotatable bonds is 9. The molecule has 1 N–H and O–H groups in total. The van der Waals surface area contributed by atoms with Crippen molar-refractivity contribution >= 4 is 17.0 Å². The minimum atomic E-state index is -0.0865. The van der Waals surface area contributed by atoms with E-state index in [2.05, 4.69) is 10.3 Å². The fourth-order valence-corrected chi connectivity index (χ4v) is 3.14. The Kier molecular flexibility index (Phi) is 5.79. The van der Waals surface area contributed by atoms with Crippen LogP contribution in [0.3, 0.4) is 0 Å². The summed E-state index contributed by atoms with van der Waals surface area (Å²) in [7, 11) is 1.63. The van der Waals surface area contributed by atoms with Crippen molar-refractivity contribution in [2.24, 2.45) is 5.92 Å². The van der Waals surface area contributed by atoms with Gasteiger partial charge in [-0.3, -0.25) is 4.79 Å². The topological polar surface area (TPSA) is 82.8 Å². The van der Waals surface area contributed by atoms with Crippen molar-refractivity contribution in [1.82, 2.24) is 10.3 Å². The minimum absolute atomic E-state index is 0.0826. The monoisotopic (exact) mass is 410 g/mol. The smallest absolute Gasteiger partial charge is 0.227 e. The van der Waals surface area contributed by atoms with Crippen LogP contribution in [0.2, 0.25) is 0 Å². The lowest BCUT2D eigenvalue weighted by Crippen LogP contribution is -2.35. The van der Waals surface area contributed by atoms with Crippen molar-refractivity contribution < 1.29 is 23.4 Å². The number of hydrogen-bond donors (Lipinski definition) is 1. The van der Waals surface area contributed by atoms with E-state index < -0.39 is 0 Å². The summed E-state index contributed by atoms with van der Waals surface area (Å²) in [4.78, 5) is 15.7. The molecule has 0 unspecified atom stereocenters. The number of nitrogens with zero attached hydrogens (tertiary/aromatic N) is 1. The van der Waals surface area contributed by atoms with Gasteiger partial charge in [-0.25, -0.2) is 4.98 Å². The second kappa shape index (κ2) is 8.65. The van der Waals surface area contributed by atoms with E-state index in [1.54, 1.807) is 13.2 Å². The summed E-state index contributed by atoms with van der Waals surface area (Å²) in [5.41, 5.74) is 2.17. The SMILES string of the molecule is COc1cc(-c2nc3ccc(OC[C@H](C)NC(C)=O)cc3o2)ccc1OCC1CC1. The van der Waals surface area contributed by atoms with E-state index in [0.717, 1.165) is 23.4 Å². The van der Waals surface area contributed by atoms with Crippen LogP contribution >= 0.6 is 0 Å². The van der Waals surface area contributed by atoms with Crippen LogP contribution in [0.25, 0.3) is 22.6 Å². The van der Waals surface area contributed by atoms with Gasteiger partial charge >= 0.3 is 0 Å². The number of nitrogens with one attached hydrogen (secondary N) is 1. The molecule has 158 valence electrons. The zero-order valence-corrected chi connectivity index (χ0v) is 17.4. The summed E-state index contributed by atoms with van der Waals surface area (Å²) in [6, 6.07) is 11.1. The molecule has 0 bridgehead atoms. The van der Waals surface area contributed by atoms with Gasteiger partial charge in [0, 0.05) is 18.6 Å². The molecule has 1 aliphatic rings. The minimum Gasteiger partial charge on any atom is -0.493 e. The van der Waals surface area contributed by atoms with Crippen LogP contribution in [-0.2, 0) is 4.79 Å². The van der Waals surface area contributed by atoms with Gasteiger partial charge in [0.25, 0.3) is 0 Å². The highest BCUT2D eigenvalue weighted by atomic mass is 16.5. The number of oxazole rings is 1. The zero-order valence-electron chi connectivity index (χ0n) is 17.4. The molecule has 0 aliphatic heterocycles. The molecule has 1 saturated carbocycles. The van der Waals surface area contributed by atoms with Crippen molar-refractivity contribution in [1.29, 1.82) is 0 Å². The Morgan fingerprint density at radius 2 is 2.03 bits per heavy atom. The molecule has 0 radical (unpaired) electrons. The Bertz CT molecular complexity index is 1040. The van der Waals surface area contributed by atoms with Crippen LogP contribution in [0.1, 0.15) is 26.7 Å². The van der Waals surface area contributed by atoms with E-state index in [4.69, 9.17) is 18.6 Å². The number of amides is 1. The first kappa shape index (κ1) is 20.1. The molecule has 7 nitrogen and oxygen atoms in total. The molecular formula is C23H26N2O5. The molecule has 1 aromatic heterocycles. The number of carbonyl (C=O) groups is 1. The van der Waals surface area contributed by atoms with Gasteiger partial charge in [-0.1, -0.05) is 0 Å². The molecule has 0 spiro atoms. The van der Waals surface area contributed by atoms with Crippen LogP contribution < -0.4 is 19.5 Å². The second-order valence-corrected chi connectivity index (χ2v) is 7.68. The molecule has 7 heteroatoms. The van der Waals surface area contributed by atoms with Gasteiger partial charge in [0.1, 0.15) is 17.9 Å². The summed E-state index contributed by atoms with van der Waals surface area (Å²) >= 11 is 0. The number of hydrogen-bond acceptors (Lipinski definition) is 6. The molecule has 3 aromatic rings. The van der Waals surface area contributed by atoms with Crippen LogP contribution in [0.4, 0.5) is 0 Å². The van der Waals surface area contributed by atoms with Gasteiger partial charge in [-0.15, -0.1) is 0 Å². The molecule has 4 rings (SSSR count). The van der Waals surface area contributed by atoms with Gasteiger partial charge in [-0.2, -0.15) is 0 Å². The third kappa shape index (κ3) is 4.84. The second-order valence-electron chi connectivity index (χ2n) is 7.68. The number of aromatic nitrogens is 1. The highest BCUT2D eigenvalue weighted by Crippen LogP contribution is 2.36. The number of fused-ring (bicyclic) bond motifs is 1. The van der Waals surface area contributed by atoms with Crippen molar-refractivity contribution in [3.05, 3.63) is 36.4 Å². The predicted molar refractivity (Wildman–Crippen MR) is 113 cm³/mol. The maximum Gasteiger partial charge on any atom is 0.227 e. The maximum absolute atomic E-state index is 11.1. The molecule has 1 amide bonds. The first-order valence-electron chi connectivity index (χ1n) is 10.1. The molecule has 1 fully saturated rings. The number of benzene rings is 2. The van der Waals surface area contributed by atoms with E-state index in [1.165, 1.54) is 19.8 Å². The van der Waals surface area contributed by atoms with Crippen molar-refractivity contribution in [2.45, 2.75) is 32.7 Å². The first-order valence-corrected chi connectivity index (χ1v) is 10.1. The standard InChI is InChI=1S/C23H26N2O5/c1-14(24-15(2)26)12-28-18-7-8-19-21(11-18)30-23(25-19)17-6-9-20(22(10-17)27-3)29-13-16-4-5-16/h6-11,14,16H,4-5,12-13H2,1-3H3,(H,24,26)/t14-/m0/s1. The van der Waals surface area contributed by atoms with Gasteiger partial charge in [0.2, 0.25) is 11.8 Å². The average Bonchev–Trinajstić information content (AvgIpc) is 3.46. The van der Waals surface area contributed by atoms with Crippen molar-refractivity contribution in [3.8, 4) is 28.7 Å². The lowest BCUT2D eigenvalue weighted by molar-refractivity contribution is -0.119. The lowest BCUT2D eigenvalue weighted by Gasteiger charge is -2.13. The molecule has 30 heavy (non-hydrogen) atoms. The van der Waals surface area contributed by atoms with Crippen LogP contribution in [-0.4, -0.2) is 37.3 Å². The fraction of sp³-hybridized carbons (Fsp3) is 0.391. The summed E-state index contributed by atoms with van der Waals surface area (Å²) < 4.78 is 23.1. The fourth-order valence-electron chi connectivity index (χ4n) is 3.14. The molecule has 1 aliphatic carbocycles. The molecular weight excluding hydrogens is 384 g/mol. The quantitative estimate of drug-likeness (QED) is 0.569. The van der Waals surface area contributed by atoms with E-state index in [0.29, 0.717) is 35.5 Å². The van der Waals surface area contributed by atoms with Crippen LogP contribution in [0.15, 0.2) is 40.8 Å². The summed E-state index contributed by atoms with van der Waals surface area (Å²) in [5, 5.41) is 2.79. The Morgan fingerprint density at radius 3 is 2.77 bits per heavy atom. The summed E-state index contributed by atoms with van der Waals surface area (Å²) in [5.74, 6) is 3.13. The third-order valence-electron chi connectivity index (χ3n) is 4.89. The summed E-state index contributed by atoms with van der Waals surface area (Å²) in [6.45, 7) is 4.46. The highest BCUT2D eigenvalue weighted by molar-refractivity contribution is 5.78. The van der Waals surface area contributed by atoms with Gasteiger partial charge in [0.15, 0.2) is 17.1 Å². The lowest BCUT2D eigenvalue weighted by atomic mass is 10.2. The van der Waals surface area contributed by atoms with E-state index in [9.17, 15) is 4.79 Å². The first-order chi connectivity index (χ1) is 14.5. The predicted octanol–water partition coefficient (Wildman–Crippen LogP) is 4.20. The molecule has 1 heterocycles. The number of methoxy groups -OCH3 is 1. The normalized spacial score (nSPS) is 14.4. The Hall–Kier alpha value is -3.22. The van der Waals surface area contributed by atoms with Gasteiger partial charge in [0.05, 0.1) is 19.8 Å². The van der Waals surface area contributed by atoms with E-state index in [-0.39, 0.29) is 11.9 Å². The Labute approximate surface area is 175 Å². The van der Waals surface area contributed by atoms with Gasteiger partial charge in [-0.05, 0) is 56.0 Å². The van der Waals surface area contributed by atoms with Crippen molar-refractivity contribution in [2.75, 3.05) is 20.3 Å². The zero-order chi connectivity index (χ0) is 21.1. The number of carbonyl (C=O) groups excluding carboxylic acids is 1. The molecule has 0 saturated heterocycles.